The van der Waals surface area contributed by atoms with E-state index in [2.05, 4.69) is 6.92 Å². The first-order valence-corrected chi connectivity index (χ1v) is 13.8. The predicted molar refractivity (Wildman–Crippen MR) is 124 cm³/mol. The molecule has 4 heteroatoms. The van der Waals surface area contributed by atoms with Gasteiger partial charge < -0.3 is 0 Å². The fourth-order valence-corrected chi connectivity index (χ4v) is 4.05. The number of rotatable bonds is 22. The van der Waals surface area contributed by atoms with Gasteiger partial charge in [0, 0.05) is 0 Å². The maximum Gasteiger partial charge on any atom is 0.265 e. The molecule has 0 bridgehead atoms. The molecule has 0 fully saturated rings. The van der Waals surface area contributed by atoms with Crippen molar-refractivity contribution in [3.63, 3.8) is 0 Å². The lowest BCUT2D eigenvalue weighted by Crippen LogP contribution is -2.01. The second-order valence-corrected chi connectivity index (χ2v) is 9.92. The standard InChI is InChI=1S/C24H48O3S/c1-2-3-4-5-6-7-8-9-10-11-12-13-14-15-16-17-18-19-20-21-22-23-24-28(25,26)27/h21-22H,2-20,23-24H2,1H3,(H,25,26,27). The van der Waals surface area contributed by atoms with E-state index in [-0.39, 0.29) is 5.75 Å². The Labute approximate surface area is 176 Å². The Morgan fingerprint density at radius 3 is 1.21 bits per heavy atom. The Bertz CT molecular complexity index is 429. The van der Waals surface area contributed by atoms with Gasteiger partial charge in [-0.15, -0.1) is 0 Å². The monoisotopic (exact) mass is 416 g/mol. The van der Waals surface area contributed by atoms with Crippen LogP contribution in [0, 0.1) is 0 Å². The fraction of sp³-hybridized carbons (Fsp3) is 0.917. The van der Waals surface area contributed by atoms with Crippen LogP contribution in [-0.2, 0) is 10.1 Å². The molecule has 0 aromatic carbocycles. The molecule has 0 saturated carbocycles. The minimum Gasteiger partial charge on any atom is -0.286 e. The topological polar surface area (TPSA) is 54.4 Å². The Balaban J connectivity index is 3.09. The molecule has 0 heterocycles. The summed E-state index contributed by atoms with van der Waals surface area (Å²) in [7, 11) is -3.80. The highest BCUT2D eigenvalue weighted by molar-refractivity contribution is 7.85. The van der Waals surface area contributed by atoms with Crippen molar-refractivity contribution in [2.75, 3.05) is 5.75 Å². The van der Waals surface area contributed by atoms with Crippen LogP contribution in [0.25, 0.3) is 0 Å². The summed E-state index contributed by atoms with van der Waals surface area (Å²) < 4.78 is 29.7. The highest BCUT2D eigenvalue weighted by atomic mass is 32.2. The van der Waals surface area contributed by atoms with Gasteiger partial charge in [-0.2, -0.15) is 8.42 Å². The summed E-state index contributed by atoms with van der Waals surface area (Å²) in [5.74, 6) is -0.164. The van der Waals surface area contributed by atoms with Crippen molar-refractivity contribution in [3.05, 3.63) is 12.2 Å². The van der Waals surface area contributed by atoms with Crippen molar-refractivity contribution in [3.8, 4) is 0 Å². The molecule has 0 rings (SSSR count). The van der Waals surface area contributed by atoms with Crippen LogP contribution in [0.4, 0.5) is 0 Å². The zero-order valence-electron chi connectivity index (χ0n) is 18.7. The van der Waals surface area contributed by atoms with Crippen LogP contribution in [0.15, 0.2) is 12.2 Å². The molecule has 0 aromatic heterocycles. The molecule has 0 aliphatic heterocycles. The quantitative estimate of drug-likeness (QED) is 0.110. The van der Waals surface area contributed by atoms with Crippen LogP contribution >= 0.6 is 0 Å². The second-order valence-electron chi connectivity index (χ2n) is 8.35. The van der Waals surface area contributed by atoms with Crippen LogP contribution in [0.2, 0.25) is 0 Å². The molecule has 0 aliphatic rings. The van der Waals surface area contributed by atoms with E-state index in [1.54, 1.807) is 0 Å². The van der Waals surface area contributed by atoms with E-state index in [0.717, 1.165) is 6.42 Å². The smallest absolute Gasteiger partial charge is 0.265 e. The van der Waals surface area contributed by atoms with Gasteiger partial charge in [-0.3, -0.25) is 4.55 Å². The van der Waals surface area contributed by atoms with Crippen LogP contribution in [-0.4, -0.2) is 18.7 Å². The zero-order valence-corrected chi connectivity index (χ0v) is 19.5. The fourth-order valence-electron chi connectivity index (χ4n) is 3.62. The Hall–Kier alpha value is -0.350. The molecule has 0 spiro atoms. The highest BCUT2D eigenvalue weighted by Crippen LogP contribution is 2.14. The molecular weight excluding hydrogens is 368 g/mol. The first-order valence-electron chi connectivity index (χ1n) is 12.2. The lowest BCUT2D eigenvalue weighted by molar-refractivity contribution is 0.483. The van der Waals surface area contributed by atoms with E-state index in [1.165, 1.54) is 116 Å². The normalized spacial score (nSPS) is 12.2. The Kier molecular flexibility index (Phi) is 21.1. The number of unbranched alkanes of at least 4 members (excludes halogenated alkanes) is 18. The summed E-state index contributed by atoms with van der Waals surface area (Å²) in [6, 6.07) is 0. The molecule has 168 valence electrons. The van der Waals surface area contributed by atoms with Crippen LogP contribution in [0.5, 0.6) is 0 Å². The SMILES string of the molecule is CCCCCCCCCCCCCCCCCCCCC=CCCS(=O)(=O)O. The molecule has 0 aromatic rings. The van der Waals surface area contributed by atoms with Crippen molar-refractivity contribution in [2.24, 2.45) is 0 Å². The lowest BCUT2D eigenvalue weighted by atomic mass is 10.0. The van der Waals surface area contributed by atoms with E-state index in [1.807, 2.05) is 12.2 Å². The lowest BCUT2D eigenvalue weighted by Gasteiger charge is -2.03. The van der Waals surface area contributed by atoms with Gasteiger partial charge in [0.05, 0.1) is 5.75 Å². The Morgan fingerprint density at radius 1 is 0.536 bits per heavy atom. The van der Waals surface area contributed by atoms with E-state index in [4.69, 9.17) is 4.55 Å². The third kappa shape index (κ3) is 25.6. The zero-order chi connectivity index (χ0) is 20.8. The average molecular weight is 417 g/mol. The molecule has 0 atom stereocenters. The summed E-state index contributed by atoms with van der Waals surface area (Å²) in [5, 5.41) is 0. The molecule has 0 aliphatic carbocycles. The molecule has 0 amide bonds. The molecule has 0 saturated heterocycles. The van der Waals surface area contributed by atoms with Crippen molar-refractivity contribution in [1.29, 1.82) is 0 Å². The van der Waals surface area contributed by atoms with E-state index in [9.17, 15) is 8.42 Å². The van der Waals surface area contributed by atoms with E-state index >= 15 is 0 Å². The largest absolute Gasteiger partial charge is 0.286 e. The van der Waals surface area contributed by atoms with E-state index < -0.39 is 10.1 Å². The maximum absolute atomic E-state index is 10.6. The summed E-state index contributed by atoms with van der Waals surface area (Å²) in [6.07, 6.45) is 30.4. The van der Waals surface area contributed by atoms with Crippen molar-refractivity contribution in [1.82, 2.24) is 0 Å². The Morgan fingerprint density at radius 2 is 0.857 bits per heavy atom. The van der Waals surface area contributed by atoms with Gasteiger partial charge in [-0.1, -0.05) is 128 Å². The summed E-state index contributed by atoms with van der Waals surface area (Å²) in [6.45, 7) is 2.28. The number of hydrogen-bond donors (Lipinski definition) is 1. The molecule has 3 nitrogen and oxygen atoms in total. The first kappa shape index (κ1) is 27.6. The van der Waals surface area contributed by atoms with Crippen molar-refractivity contribution >= 4 is 10.1 Å². The van der Waals surface area contributed by atoms with Crippen molar-refractivity contribution in [2.45, 2.75) is 135 Å². The van der Waals surface area contributed by atoms with Gasteiger partial charge >= 0.3 is 0 Å². The summed E-state index contributed by atoms with van der Waals surface area (Å²) in [4.78, 5) is 0. The average Bonchev–Trinajstić information content (AvgIpc) is 2.65. The highest BCUT2D eigenvalue weighted by Gasteiger charge is 2.00. The van der Waals surface area contributed by atoms with Crippen LogP contribution in [0.1, 0.15) is 135 Å². The number of hydrogen-bond acceptors (Lipinski definition) is 2. The second kappa shape index (κ2) is 21.4. The van der Waals surface area contributed by atoms with Crippen LogP contribution < -0.4 is 0 Å². The van der Waals surface area contributed by atoms with Crippen LogP contribution in [0.3, 0.4) is 0 Å². The maximum atomic E-state index is 10.6. The van der Waals surface area contributed by atoms with Crippen molar-refractivity contribution < 1.29 is 13.0 Å². The van der Waals surface area contributed by atoms with Gasteiger partial charge in [0.15, 0.2) is 0 Å². The molecule has 0 unspecified atom stereocenters. The van der Waals surface area contributed by atoms with Gasteiger partial charge in [-0.25, -0.2) is 0 Å². The van der Waals surface area contributed by atoms with Gasteiger partial charge in [0.25, 0.3) is 10.1 Å². The molecule has 28 heavy (non-hydrogen) atoms. The summed E-state index contributed by atoms with van der Waals surface area (Å²) in [5.41, 5.74) is 0. The molecule has 1 N–H and O–H groups in total. The number of allylic oxidation sites excluding steroid dienone is 2. The molecule has 0 radical (unpaired) electrons. The van der Waals surface area contributed by atoms with Gasteiger partial charge in [-0.05, 0) is 19.3 Å². The third-order valence-corrected chi connectivity index (χ3v) is 6.19. The molecular formula is C24H48O3S. The van der Waals surface area contributed by atoms with Gasteiger partial charge in [0.2, 0.25) is 0 Å². The van der Waals surface area contributed by atoms with E-state index in [0.29, 0.717) is 6.42 Å². The predicted octanol–water partition coefficient (Wildman–Crippen LogP) is 8.25. The first-order chi connectivity index (χ1) is 13.6. The summed E-state index contributed by atoms with van der Waals surface area (Å²) >= 11 is 0. The minimum absolute atomic E-state index is 0.164. The minimum atomic E-state index is -3.80. The third-order valence-electron chi connectivity index (χ3n) is 5.43. The van der Waals surface area contributed by atoms with Gasteiger partial charge in [0.1, 0.15) is 0 Å².